The Labute approximate surface area is 168 Å². The lowest BCUT2D eigenvalue weighted by Crippen LogP contribution is -2.10. The molecule has 152 valence electrons. The molecule has 2 rings (SSSR count). The summed E-state index contributed by atoms with van der Waals surface area (Å²) in [6.45, 7) is 3.11. The van der Waals surface area contributed by atoms with Crippen LogP contribution >= 0.6 is 11.3 Å². The number of hydrogen-bond donors (Lipinski definition) is 1. The molecule has 8 heteroatoms. The van der Waals surface area contributed by atoms with Crippen LogP contribution in [0.5, 0.6) is 5.75 Å². The Hall–Kier alpha value is -2.45. The van der Waals surface area contributed by atoms with Gasteiger partial charge in [0.25, 0.3) is 0 Å². The first-order chi connectivity index (χ1) is 13.4. The van der Waals surface area contributed by atoms with Gasteiger partial charge in [-0.25, -0.2) is 14.2 Å². The first kappa shape index (κ1) is 21.8. The zero-order chi connectivity index (χ0) is 20.5. The van der Waals surface area contributed by atoms with Crippen LogP contribution in [0.25, 0.3) is 6.08 Å². The minimum atomic E-state index is -0.477. The van der Waals surface area contributed by atoms with E-state index in [0.717, 1.165) is 17.0 Å². The van der Waals surface area contributed by atoms with Crippen molar-refractivity contribution in [2.24, 2.45) is 0 Å². The van der Waals surface area contributed by atoms with Gasteiger partial charge >= 0.3 is 5.97 Å². The molecule has 0 aliphatic carbocycles. The summed E-state index contributed by atoms with van der Waals surface area (Å²) in [6.07, 6.45) is 4.99. The molecule has 0 fully saturated rings. The number of anilines is 1. The number of nitrogens with two attached hydrogens (primary N) is 1. The molecular formula is C20H26FN3O3S. The van der Waals surface area contributed by atoms with Crippen LogP contribution in [0.1, 0.15) is 34.3 Å². The van der Waals surface area contributed by atoms with Crippen LogP contribution in [0.3, 0.4) is 0 Å². The number of carbonyl (C=O) groups is 1. The first-order valence-electron chi connectivity index (χ1n) is 9.06. The number of nitrogens with zero attached hydrogens (tertiary/aromatic N) is 2. The Morgan fingerprint density at radius 1 is 1.39 bits per heavy atom. The van der Waals surface area contributed by atoms with Crippen LogP contribution in [0.15, 0.2) is 24.3 Å². The topological polar surface area (TPSA) is 77.7 Å². The molecule has 0 aliphatic rings. The summed E-state index contributed by atoms with van der Waals surface area (Å²) in [5.74, 6) is -0.671. The number of esters is 1. The van der Waals surface area contributed by atoms with E-state index < -0.39 is 11.8 Å². The fraction of sp³-hybridized carbons (Fsp3) is 0.400. The number of ether oxygens (including phenoxy) is 2. The normalized spacial score (nSPS) is 11.3. The van der Waals surface area contributed by atoms with Crippen LogP contribution in [0.4, 0.5) is 9.52 Å². The van der Waals surface area contributed by atoms with Gasteiger partial charge in [-0.3, -0.25) is 0 Å². The number of nitrogen functional groups attached to an aromatic ring is 1. The van der Waals surface area contributed by atoms with Gasteiger partial charge in [0.05, 0.1) is 13.2 Å². The van der Waals surface area contributed by atoms with Gasteiger partial charge in [-0.2, -0.15) is 0 Å². The van der Waals surface area contributed by atoms with Crippen LogP contribution in [-0.2, 0) is 11.2 Å². The first-order valence-corrected chi connectivity index (χ1v) is 9.88. The lowest BCUT2D eigenvalue weighted by atomic mass is 10.2. The summed E-state index contributed by atoms with van der Waals surface area (Å²) < 4.78 is 24.7. The van der Waals surface area contributed by atoms with Gasteiger partial charge in [0.15, 0.2) is 22.4 Å². The van der Waals surface area contributed by atoms with Gasteiger partial charge in [0.1, 0.15) is 0 Å². The largest absolute Gasteiger partial charge is 0.491 e. The molecule has 1 heterocycles. The van der Waals surface area contributed by atoms with E-state index in [9.17, 15) is 9.18 Å². The fourth-order valence-electron chi connectivity index (χ4n) is 2.45. The summed E-state index contributed by atoms with van der Waals surface area (Å²) in [5.41, 5.74) is 6.74. The zero-order valence-electron chi connectivity index (χ0n) is 16.4. The average molecular weight is 408 g/mol. The SMILES string of the molecule is CCOC(=O)c1nc(N)sc1CCCOc1ccc(/C=C/CN(C)C)cc1F. The molecule has 0 unspecified atom stereocenters. The highest BCUT2D eigenvalue weighted by Crippen LogP contribution is 2.24. The zero-order valence-corrected chi connectivity index (χ0v) is 17.2. The number of likely N-dealkylation sites (N-methyl/N-ethyl adjacent to an activating group) is 1. The third kappa shape index (κ3) is 6.61. The van der Waals surface area contributed by atoms with Gasteiger partial charge in [-0.15, -0.1) is 11.3 Å². The van der Waals surface area contributed by atoms with Crippen molar-refractivity contribution in [1.82, 2.24) is 9.88 Å². The van der Waals surface area contributed by atoms with E-state index in [4.69, 9.17) is 15.2 Å². The summed E-state index contributed by atoms with van der Waals surface area (Å²) in [4.78, 5) is 18.7. The third-order valence-corrected chi connectivity index (χ3v) is 4.67. The van der Waals surface area contributed by atoms with Crippen molar-refractivity contribution in [3.05, 3.63) is 46.2 Å². The number of thiazole rings is 1. The smallest absolute Gasteiger partial charge is 0.358 e. The van der Waals surface area contributed by atoms with Crippen molar-refractivity contribution in [2.75, 3.05) is 39.6 Å². The summed E-state index contributed by atoms with van der Waals surface area (Å²) in [6, 6.07) is 4.89. The van der Waals surface area contributed by atoms with Crippen LogP contribution in [0, 0.1) is 5.82 Å². The Bertz CT molecular complexity index is 821. The fourth-order valence-corrected chi connectivity index (χ4v) is 3.31. The predicted octanol–water partition coefficient (Wildman–Crippen LogP) is 3.63. The molecule has 0 bridgehead atoms. The second-order valence-electron chi connectivity index (χ2n) is 6.35. The van der Waals surface area contributed by atoms with Crippen LogP contribution in [-0.4, -0.2) is 49.7 Å². The molecule has 1 aromatic heterocycles. The number of aromatic nitrogens is 1. The van der Waals surface area contributed by atoms with Gasteiger partial charge in [0.2, 0.25) is 0 Å². The molecule has 1 aromatic carbocycles. The van der Waals surface area contributed by atoms with Crippen molar-refractivity contribution in [3.63, 3.8) is 0 Å². The monoisotopic (exact) mass is 407 g/mol. The highest BCUT2D eigenvalue weighted by molar-refractivity contribution is 7.15. The minimum absolute atomic E-state index is 0.208. The van der Waals surface area contributed by atoms with Crippen molar-refractivity contribution in [3.8, 4) is 5.75 Å². The lowest BCUT2D eigenvalue weighted by molar-refractivity contribution is 0.0519. The minimum Gasteiger partial charge on any atom is -0.491 e. The van der Waals surface area contributed by atoms with Gasteiger partial charge in [-0.1, -0.05) is 18.2 Å². The van der Waals surface area contributed by atoms with Gasteiger partial charge in [-0.05, 0) is 51.6 Å². The lowest BCUT2D eigenvalue weighted by Gasteiger charge is -2.08. The van der Waals surface area contributed by atoms with E-state index in [1.165, 1.54) is 17.4 Å². The van der Waals surface area contributed by atoms with Crippen LogP contribution in [0.2, 0.25) is 0 Å². The highest BCUT2D eigenvalue weighted by Gasteiger charge is 2.18. The standard InChI is InChI=1S/C20H26FN3O3S/c1-4-26-19(25)18-17(28-20(22)23-18)8-6-12-27-16-10-9-14(13-15(16)21)7-5-11-24(2)3/h5,7,9-10,13H,4,6,8,11-12H2,1-3H3,(H2,22,23)/b7-5+. The Morgan fingerprint density at radius 2 is 2.18 bits per heavy atom. The Kier molecular flexibility index (Phi) is 8.41. The van der Waals surface area contributed by atoms with Gasteiger partial charge in [0, 0.05) is 11.4 Å². The van der Waals surface area contributed by atoms with Crippen molar-refractivity contribution >= 4 is 28.5 Å². The molecule has 0 radical (unpaired) electrons. The van der Waals surface area contributed by atoms with Crippen molar-refractivity contribution < 1.29 is 18.7 Å². The van der Waals surface area contributed by atoms with E-state index in [2.05, 4.69) is 4.98 Å². The maximum absolute atomic E-state index is 14.2. The molecule has 28 heavy (non-hydrogen) atoms. The second kappa shape index (κ2) is 10.8. The molecule has 2 N–H and O–H groups in total. The van der Waals surface area contributed by atoms with Gasteiger partial charge < -0.3 is 20.1 Å². The summed E-state index contributed by atoms with van der Waals surface area (Å²) in [7, 11) is 3.94. The number of rotatable bonds is 10. The molecule has 0 amide bonds. The van der Waals surface area contributed by atoms with E-state index in [1.807, 2.05) is 37.2 Å². The molecule has 6 nitrogen and oxygen atoms in total. The van der Waals surface area contributed by atoms with E-state index >= 15 is 0 Å². The third-order valence-electron chi connectivity index (χ3n) is 3.73. The molecule has 2 aromatic rings. The summed E-state index contributed by atoms with van der Waals surface area (Å²) in [5, 5.41) is 0.322. The van der Waals surface area contributed by atoms with E-state index in [-0.39, 0.29) is 18.1 Å². The van der Waals surface area contributed by atoms with Crippen molar-refractivity contribution in [2.45, 2.75) is 19.8 Å². The molecular weight excluding hydrogens is 381 g/mol. The molecule has 0 spiro atoms. The number of carbonyl (C=O) groups excluding carboxylic acids is 1. The maximum atomic E-state index is 14.2. The van der Waals surface area contributed by atoms with E-state index in [0.29, 0.717) is 24.6 Å². The number of aryl methyl sites for hydroxylation is 1. The molecule has 0 saturated carbocycles. The molecule has 0 atom stereocenters. The quantitative estimate of drug-likeness (QED) is 0.479. The maximum Gasteiger partial charge on any atom is 0.358 e. The summed E-state index contributed by atoms with van der Waals surface area (Å²) >= 11 is 1.25. The number of hydrogen-bond acceptors (Lipinski definition) is 7. The average Bonchev–Trinajstić information content (AvgIpc) is 3.01. The highest BCUT2D eigenvalue weighted by atomic mass is 32.1. The molecule has 0 aliphatic heterocycles. The Balaban J connectivity index is 1.87. The number of halogens is 1. The van der Waals surface area contributed by atoms with Crippen molar-refractivity contribution in [1.29, 1.82) is 0 Å². The number of benzene rings is 1. The van der Waals surface area contributed by atoms with Crippen LogP contribution < -0.4 is 10.5 Å². The van der Waals surface area contributed by atoms with E-state index in [1.54, 1.807) is 13.0 Å². The molecule has 0 saturated heterocycles. The predicted molar refractivity (Wildman–Crippen MR) is 110 cm³/mol. The Morgan fingerprint density at radius 3 is 2.86 bits per heavy atom. The second-order valence-corrected chi connectivity index (χ2v) is 7.47.